The summed E-state index contributed by atoms with van der Waals surface area (Å²) in [4.78, 5) is 0. The second-order valence-electron chi connectivity index (χ2n) is 4.45. The number of hydrogen-bond donors (Lipinski definition) is 2. The van der Waals surface area contributed by atoms with Crippen molar-refractivity contribution in [3.8, 4) is 5.75 Å². The molecular formula is C14H23NO3. The predicted molar refractivity (Wildman–Crippen MR) is 71.8 cm³/mol. The minimum absolute atomic E-state index is 0.0936. The number of nitrogens with two attached hydrogens (primary N) is 1. The van der Waals surface area contributed by atoms with Crippen molar-refractivity contribution in [3.63, 3.8) is 0 Å². The van der Waals surface area contributed by atoms with E-state index in [1.54, 1.807) is 0 Å². The van der Waals surface area contributed by atoms with Crippen molar-refractivity contribution in [2.24, 2.45) is 5.73 Å². The summed E-state index contributed by atoms with van der Waals surface area (Å²) in [6, 6.07) is 5.77. The Kier molecular flexibility index (Phi) is 6.12. The molecule has 0 aliphatic rings. The molecule has 4 heteroatoms. The van der Waals surface area contributed by atoms with E-state index in [4.69, 9.17) is 15.2 Å². The number of aliphatic hydroxyl groups is 1. The summed E-state index contributed by atoms with van der Waals surface area (Å²) in [5.41, 5.74) is 8.00. The van der Waals surface area contributed by atoms with Gasteiger partial charge in [-0.25, -0.2) is 0 Å². The number of hydrogen-bond acceptors (Lipinski definition) is 4. The van der Waals surface area contributed by atoms with E-state index in [1.165, 1.54) is 0 Å². The van der Waals surface area contributed by atoms with Crippen molar-refractivity contribution in [2.45, 2.75) is 32.9 Å². The van der Waals surface area contributed by atoms with Crippen molar-refractivity contribution >= 4 is 0 Å². The van der Waals surface area contributed by atoms with E-state index in [2.05, 4.69) is 0 Å². The molecule has 102 valence electrons. The normalized spacial score (nSPS) is 14.3. The molecule has 0 saturated heterocycles. The maximum absolute atomic E-state index is 9.64. The summed E-state index contributed by atoms with van der Waals surface area (Å²) in [6.07, 6.45) is -0.618. The fourth-order valence-electron chi connectivity index (χ4n) is 1.64. The van der Waals surface area contributed by atoms with E-state index >= 15 is 0 Å². The molecule has 1 aromatic carbocycles. The quantitative estimate of drug-likeness (QED) is 0.777. The minimum Gasteiger partial charge on any atom is -0.490 e. The van der Waals surface area contributed by atoms with Gasteiger partial charge in [0.25, 0.3) is 0 Å². The average molecular weight is 253 g/mol. The maximum Gasteiger partial charge on any atom is 0.124 e. The standard InChI is InChI=1S/C14H23NO3/c1-4-17-8-12(16)9-18-14-6-5-10(2)7-13(14)11(3)15/h5-7,11-12,16H,4,8-9,15H2,1-3H3/t11-,12?/m0/s1. The SMILES string of the molecule is CCOCC(O)COc1ccc(C)cc1[C@H](C)N. The fourth-order valence-corrected chi connectivity index (χ4v) is 1.64. The summed E-state index contributed by atoms with van der Waals surface area (Å²) >= 11 is 0. The third-order valence-electron chi connectivity index (χ3n) is 2.60. The smallest absolute Gasteiger partial charge is 0.124 e. The topological polar surface area (TPSA) is 64.7 Å². The predicted octanol–water partition coefficient (Wildman–Crippen LogP) is 1.79. The molecule has 0 heterocycles. The van der Waals surface area contributed by atoms with Crippen LogP contribution in [0, 0.1) is 6.92 Å². The molecule has 1 unspecified atom stereocenters. The van der Waals surface area contributed by atoms with Crippen molar-refractivity contribution in [3.05, 3.63) is 29.3 Å². The van der Waals surface area contributed by atoms with Gasteiger partial charge in [-0.2, -0.15) is 0 Å². The number of rotatable bonds is 7. The van der Waals surface area contributed by atoms with Crippen LogP contribution in [0.25, 0.3) is 0 Å². The van der Waals surface area contributed by atoms with Crippen LogP contribution in [0.15, 0.2) is 18.2 Å². The first-order chi connectivity index (χ1) is 8.54. The van der Waals surface area contributed by atoms with Crippen LogP contribution in [0.4, 0.5) is 0 Å². The van der Waals surface area contributed by atoms with Gasteiger partial charge in [0.2, 0.25) is 0 Å². The molecule has 0 bridgehead atoms. The van der Waals surface area contributed by atoms with Crippen molar-refractivity contribution in [1.29, 1.82) is 0 Å². The van der Waals surface area contributed by atoms with Gasteiger partial charge in [0, 0.05) is 18.2 Å². The average Bonchev–Trinajstić information content (AvgIpc) is 2.34. The molecule has 3 N–H and O–H groups in total. The third-order valence-corrected chi connectivity index (χ3v) is 2.60. The van der Waals surface area contributed by atoms with Crippen LogP contribution in [-0.4, -0.2) is 31.0 Å². The van der Waals surface area contributed by atoms with E-state index < -0.39 is 6.10 Å². The van der Waals surface area contributed by atoms with Crippen LogP contribution < -0.4 is 10.5 Å². The Morgan fingerprint density at radius 1 is 1.33 bits per heavy atom. The Balaban J connectivity index is 2.61. The molecule has 0 aliphatic carbocycles. The number of aryl methyl sites for hydroxylation is 1. The largest absolute Gasteiger partial charge is 0.490 e. The lowest BCUT2D eigenvalue weighted by atomic mass is 10.1. The lowest BCUT2D eigenvalue weighted by Gasteiger charge is -2.17. The van der Waals surface area contributed by atoms with Gasteiger partial charge >= 0.3 is 0 Å². The summed E-state index contributed by atoms with van der Waals surface area (Å²) in [5.74, 6) is 0.728. The van der Waals surface area contributed by atoms with Crippen LogP contribution >= 0.6 is 0 Å². The van der Waals surface area contributed by atoms with Gasteiger partial charge in [0.15, 0.2) is 0 Å². The molecule has 0 saturated carbocycles. The van der Waals surface area contributed by atoms with E-state index in [0.29, 0.717) is 6.61 Å². The number of ether oxygens (including phenoxy) is 2. The zero-order valence-electron chi connectivity index (χ0n) is 11.3. The highest BCUT2D eigenvalue weighted by molar-refractivity contribution is 5.38. The van der Waals surface area contributed by atoms with E-state index in [-0.39, 0.29) is 19.3 Å². The molecule has 1 rings (SSSR count). The van der Waals surface area contributed by atoms with Crippen LogP contribution in [0.2, 0.25) is 0 Å². The van der Waals surface area contributed by atoms with Crippen LogP contribution in [-0.2, 0) is 4.74 Å². The molecule has 0 aromatic heterocycles. The van der Waals surface area contributed by atoms with Gasteiger partial charge in [-0.3, -0.25) is 0 Å². The molecule has 4 nitrogen and oxygen atoms in total. The molecule has 0 amide bonds. The van der Waals surface area contributed by atoms with Gasteiger partial charge in [0.05, 0.1) is 6.61 Å². The summed E-state index contributed by atoms with van der Waals surface area (Å²) in [7, 11) is 0. The minimum atomic E-state index is -0.618. The second-order valence-corrected chi connectivity index (χ2v) is 4.45. The van der Waals surface area contributed by atoms with Crippen molar-refractivity contribution in [2.75, 3.05) is 19.8 Å². The third kappa shape index (κ3) is 4.64. The second kappa shape index (κ2) is 7.36. The Hall–Kier alpha value is -1.10. The number of aliphatic hydroxyl groups excluding tert-OH is 1. The zero-order chi connectivity index (χ0) is 13.5. The monoisotopic (exact) mass is 253 g/mol. The van der Waals surface area contributed by atoms with Crippen molar-refractivity contribution in [1.82, 2.24) is 0 Å². The van der Waals surface area contributed by atoms with Crippen LogP contribution in [0.3, 0.4) is 0 Å². The number of benzene rings is 1. The van der Waals surface area contributed by atoms with Crippen LogP contribution in [0.1, 0.15) is 31.0 Å². The van der Waals surface area contributed by atoms with Crippen molar-refractivity contribution < 1.29 is 14.6 Å². The zero-order valence-corrected chi connectivity index (χ0v) is 11.3. The highest BCUT2D eigenvalue weighted by atomic mass is 16.5. The molecule has 0 spiro atoms. The lowest BCUT2D eigenvalue weighted by Crippen LogP contribution is -2.24. The highest BCUT2D eigenvalue weighted by Crippen LogP contribution is 2.25. The van der Waals surface area contributed by atoms with Gasteiger partial charge < -0.3 is 20.3 Å². The van der Waals surface area contributed by atoms with Gasteiger partial charge in [-0.15, -0.1) is 0 Å². The Bertz CT molecular complexity index is 366. The first-order valence-corrected chi connectivity index (χ1v) is 6.29. The van der Waals surface area contributed by atoms with Crippen LogP contribution in [0.5, 0.6) is 5.75 Å². The Morgan fingerprint density at radius 2 is 2.06 bits per heavy atom. The van der Waals surface area contributed by atoms with Gasteiger partial charge in [-0.05, 0) is 26.8 Å². The summed E-state index contributed by atoms with van der Waals surface area (Å²) in [6.45, 7) is 6.91. The van der Waals surface area contributed by atoms with E-state index in [1.807, 2.05) is 39.0 Å². The Labute approximate surface area is 109 Å². The first kappa shape index (κ1) is 15.0. The Morgan fingerprint density at radius 3 is 2.67 bits per heavy atom. The van der Waals surface area contributed by atoms with Gasteiger partial charge in [0.1, 0.15) is 18.5 Å². The molecule has 0 fully saturated rings. The molecule has 1 aromatic rings. The molecular weight excluding hydrogens is 230 g/mol. The van der Waals surface area contributed by atoms with E-state index in [9.17, 15) is 5.11 Å². The van der Waals surface area contributed by atoms with E-state index in [0.717, 1.165) is 16.9 Å². The molecule has 0 radical (unpaired) electrons. The molecule has 2 atom stereocenters. The van der Waals surface area contributed by atoms with Gasteiger partial charge in [-0.1, -0.05) is 17.7 Å². The first-order valence-electron chi connectivity index (χ1n) is 6.29. The maximum atomic E-state index is 9.64. The fraction of sp³-hybridized carbons (Fsp3) is 0.571. The highest BCUT2D eigenvalue weighted by Gasteiger charge is 2.11. The lowest BCUT2D eigenvalue weighted by molar-refractivity contribution is 0.0162. The summed E-state index contributed by atoms with van der Waals surface area (Å²) in [5, 5.41) is 9.64. The summed E-state index contributed by atoms with van der Waals surface area (Å²) < 4.78 is 10.7. The molecule has 18 heavy (non-hydrogen) atoms. The molecule has 0 aliphatic heterocycles.